The number of nitrogens with zero attached hydrogens (tertiary/aromatic N) is 2. The molecule has 0 radical (unpaired) electrons. The predicted molar refractivity (Wildman–Crippen MR) is 134 cm³/mol. The lowest BCUT2D eigenvalue weighted by atomic mass is 10.2. The Morgan fingerprint density at radius 1 is 0.744 bits per heavy atom. The molecule has 10 nitrogen and oxygen atoms in total. The Morgan fingerprint density at radius 3 is 1.51 bits per heavy atom. The summed E-state index contributed by atoms with van der Waals surface area (Å²) in [6.45, 7) is -0.381. The zero-order valence-corrected chi connectivity index (χ0v) is 21.1. The predicted octanol–water partition coefficient (Wildman–Crippen LogP) is 3.61. The van der Waals surface area contributed by atoms with Crippen LogP contribution >= 0.6 is 0 Å². The molecule has 2 aromatic rings. The van der Waals surface area contributed by atoms with Crippen molar-refractivity contribution in [3.8, 4) is 0 Å². The Bertz CT molecular complexity index is 1020. The number of rotatable bonds is 6. The molecule has 0 unspecified atom stereocenters. The number of hydrogen-bond acceptors (Lipinski definition) is 7. The maximum atomic E-state index is 13.3. The van der Waals surface area contributed by atoms with Gasteiger partial charge >= 0.3 is 18.2 Å². The van der Waals surface area contributed by atoms with Gasteiger partial charge in [-0.1, -0.05) is 60.7 Å². The summed E-state index contributed by atoms with van der Waals surface area (Å²) in [6, 6.07) is 14.0. The first-order valence-electron chi connectivity index (χ1n) is 11.9. The van der Waals surface area contributed by atoms with Crippen LogP contribution in [0.5, 0.6) is 0 Å². The number of nitrogens with two attached hydrogens (primary N) is 1. The van der Waals surface area contributed by atoms with Crippen molar-refractivity contribution in [1.29, 1.82) is 0 Å². The highest BCUT2D eigenvalue weighted by atomic mass is 19.1. The first-order valence-corrected chi connectivity index (χ1v) is 11.9. The molecular weight excluding hydrogens is 521 g/mol. The molecule has 0 aliphatic carbocycles. The number of ether oxygens (including phenoxy) is 2. The Morgan fingerprint density at radius 2 is 1.13 bits per heavy atom. The standard InChI is InChI=1S/C13H13F2NO3.C13H15FN2O3.H3N/c2*14-10-6-11(12(15)17)16(7-10)13(18)19-8-9-4-2-1-3-5-9;/h1-5,10-11H,6-8H2;1-5,10-11H,6-8H2,(H2,15,17);1H3/t2*10-,11-;/m00./s1. The number of primary amides is 1. The SMILES string of the molecule is N.NC(=O)[C@@H]1C[C@H](F)CN1C(=O)OCc1ccccc1.O=C(F)[C@@H]1C[C@H](F)CN1C(=O)OCc1ccccc1. The molecule has 2 saturated heterocycles. The average Bonchev–Trinajstić information content (AvgIpc) is 3.50. The summed E-state index contributed by atoms with van der Waals surface area (Å²) in [6.07, 6.45) is -4.59. The first kappa shape index (κ1) is 31.1. The number of benzene rings is 2. The largest absolute Gasteiger partial charge is 0.445 e. The van der Waals surface area contributed by atoms with E-state index in [1.807, 2.05) is 24.3 Å². The third-order valence-electron chi connectivity index (χ3n) is 5.97. The van der Waals surface area contributed by atoms with Gasteiger partial charge in [-0.3, -0.25) is 19.4 Å². The van der Waals surface area contributed by atoms with E-state index in [4.69, 9.17) is 15.2 Å². The van der Waals surface area contributed by atoms with Gasteiger partial charge < -0.3 is 21.4 Å². The van der Waals surface area contributed by atoms with Crippen LogP contribution in [0, 0.1) is 0 Å². The van der Waals surface area contributed by atoms with Crippen LogP contribution in [0.1, 0.15) is 24.0 Å². The highest BCUT2D eigenvalue weighted by Crippen LogP contribution is 2.23. The fourth-order valence-corrected chi connectivity index (χ4v) is 4.06. The molecule has 0 spiro atoms. The van der Waals surface area contributed by atoms with Crippen LogP contribution in [0.25, 0.3) is 0 Å². The van der Waals surface area contributed by atoms with Crippen LogP contribution in [-0.2, 0) is 32.3 Å². The molecule has 2 aliphatic rings. The van der Waals surface area contributed by atoms with E-state index in [1.165, 1.54) is 0 Å². The number of alkyl halides is 2. The van der Waals surface area contributed by atoms with Crippen molar-refractivity contribution < 1.29 is 41.8 Å². The minimum absolute atomic E-state index is 0. The van der Waals surface area contributed by atoms with Crippen molar-refractivity contribution in [1.82, 2.24) is 16.0 Å². The highest BCUT2D eigenvalue weighted by Gasteiger charge is 2.41. The summed E-state index contributed by atoms with van der Waals surface area (Å²) < 4.78 is 49.1. The van der Waals surface area contributed by atoms with E-state index in [0.29, 0.717) is 0 Å². The molecule has 4 atom stereocenters. The molecule has 0 bridgehead atoms. The molecule has 212 valence electrons. The van der Waals surface area contributed by atoms with Gasteiger partial charge in [-0.2, -0.15) is 4.39 Å². The zero-order valence-electron chi connectivity index (χ0n) is 21.1. The number of carbonyl (C=O) groups is 4. The second-order valence-electron chi connectivity index (χ2n) is 8.79. The van der Waals surface area contributed by atoms with Crippen molar-refractivity contribution in [2.45, 2.75) is 50.5 Å². The summed E-state index contributed by atoms with van der Waals surface area (Å²) in [4.78, 5) is 47.2. The van der Waals surface area contributed by atoms with E-state index < -0.39 is 48.6 Å². The lowest BCUT2D eigenvalue weighted by molar-refractivity contribution is -0.133. The zero-order chi connectivity index (χ0) is 27.7. The van der Waals surface area contributed by atoms with Gasteiger partial charge in [0.05, 0.1) is 13.1 Å². The van der Waals surface area contributed by atoms with E-state index in [0.717, 1.165) is 20.9 Å². The molecule has 4 rings (SSSR count). The molecule has 13 heteroatoms. The molecule has 2 aromatic carbocycles. The molecule has 2 aliphatic heterocycles. The monoisotopic (exact) mass is 552 g/mol. The van der Waals surface area contributed by atoms with Crippen molar-refractivity contribution in [3.05, 3.63) is 71.8 Å². The number of hydrogen-bond donors (Lipinski definition) is 2. The molecule has 2 fully saturated rings. The quantitative estimate of drug-likeness (QED) is 0.519. The van der Waals surface area contributed by atoms with Crippen molar-refractivity contribution in [3.63, 3.8) is 0 Å². The highest BCUT2D eigenvalue weighted by molar-refractivity contribution is 5.85. The molecule has 0 saturated carbocycles. The van der Waals surface area contributed by atoms with Gasteiger partial charge in [0.25, 0.3) is 0 Å². The molecule has 3 amide bonds. The van der Waals surface area contributed by atoms with Crippen molar-refractivity contribution in [2.24, 2.45) is 5.73 Å². The summed E-state index contributed by atoms with van der Waals surface area (Å²) in [7, 11) is 0. The smallest absolute Gasteiger partial charge is 0.410 e. The fraction of sp³-hybridized carbons (Fsp3) is 0.385. The van der Waals surface area contributed by atoms with E-state index >= 15 is 0 Å². The molecule has 39 heavy (non-hydrogen) atoms. The molecule has 2 heterocycles. The second kappa shape index (κ2) is 14.7. The van der Waals surface area contributed by atoms with Crippen LogP contribution in [0.4, 0.5) is 22.8 Å². The van der Waals surface area contributed by atoms with Gasteiger partial charge in [0, 0.05) is 12.8 Å². The van der Waals surface area contributed by atoms with Gasteiger partial charge in [-0.15, -0.1) is 0 Å². The third kappa shape index (κ3) is 8.99. The van der Waals surface area contributed by atoms with Crippen LogP contribution in [0.3, 0.4) is 0 Å². The van der Waals surface area contributed by atoms with Gasteiger partial charge in [-0.05, 0) is 11.1 Å². The van der Waals surface area contributed by atoms with Crippen molar-refractivity contribution in [2.75, 3.05) is 13.1 Å². The average molecular weight is 553 g/mol. The topological polar surface area (TPSA) is 154 Å². The van der Waals surface area contributed by atoms with E-state index in [9.17, 15) is 32.3 Å². The van der Waals surface area contributed by atoms with Crippen LogP contribution in [0.15, 0.2) is 60.7 Å². The first-order chi connectivity index (χ1) is 18.2. The number of amides is 3. The van der Waals surface area contributed by atoms with E-state index in [1.54, 1.807) is 36.4 Å². The third-order valence-corrected chi connectivity index (χ3v) is 5.97. The van der Waals surface area contributed by atoms with E-state index in [-0.39, 0.29) is 45.3 Å². The number of halogens is 3. The summed E-state index contributed by atoms with van der Waals surface area (Å²) in [5, 5.41) is 0. The Hall–Kier alpha value is -4.13. The second-order valence-corrected chi connectivity index (χ2v) is 8.79. The molecule has 0 aromatic heterocycles. The van der Waals surface area contributed by atoms with E-state index in [2.05, 4.69) is 0 Å². The fourth-order valence-electron chi connectivity index (χ4n) is 4.06. The Kier molecular flexibility index (Phi) is 11.7. The summed E-state index contributed by atoms with van der Waals surface area (Å²) in [5.74, 6) is -0.711. The summed E-state index contributed by atoms with van der Waals surface area (Å²) >= 11 is 0. The molecular formula is C26H31F3N4O6. The van der Waals surface area contributed by atoms with Gasteiger partial charge in [0.2, 0.25) is 5.91 Å². The van der Waals surface area contributed by atoms with Gasteiger partial charge in [0.1, 0.15) is 37.6 Å². The number of carbonyl (C=O) groups excluding carboxylic acids is 4. The Labute approximate surface area is 223 Å². The number of likely N-dealkylation sites (tertiary alicyclic amines) is 2. The van der Waals surface area contributed by atoms with Gasteiger partial charge in [0.15, 0.2) is 0 Å². The van der Waals surface area contributed by atoms with Crippen LogP contribution < -0.4 is 11.9 Å². The lowest BCUT2D eigenvalue weighted by Crippen LogP contribution is -2.43. The minimum Gasteiger partial charge on any atom is -0.445 e. The van der Waals surface area contributed by atoms with Crippen molar-refractivity contribution >= 4 is 24.1 Å². The summed E-state index contributed by atoms with van der Waals surface area (Å²) in [5.41, 5.74) is 6.72. The van der Waals surface area contributed by atoms with Crippen LogP contribution in [-0.4, -0.2) is 71.4 Å². The maximum Gasteiger partial charge on any atom is 0.410 e. The van der Waals surface area contributed by atoms with Crippen LogP contribution in [0.2, 0.25) is 0 Å². The normalized spacial score (nSPS) is 21.7. The molecule has 5 N–H and O–H groups in total. The lowest BCUT2D eigenvalue weighted by Gasteiger charge is -2.21. The Balaban J connectivity index is 0.000000267. The van der Waals surface area contributed by atoms with Gasteiger partial charge in [-0.25, -0.2) is 18.4 Å². The maximum absolute atomic E-state index is 13.3. The minimum atomic E-state index is -1.71.